The van der Waals surface area contributed by atoms with Crippen LogP contribution in [0.15, 0.2) is 47.9 Å². The number of carbonyl (C=O) groups excluding carboxylic acids is 1. The molecule has 4 rings (SSSR count). The van der Waals surface area contributed by atoms with Crippen LogP contribution in [0.25, 0.3) is 11.4 Å². The summed E-state index contributed by atoms with van der Waals surface area (Å²) in [4.78, 5) is 24.9. The van der Waals surface area contributed by atoms with Crippen molar-refractivity contribution in [1.29, 1.82) is 0 Å². The van der Waals surface area contributed by atoms with E-state index in [1.165, 1.54) is 22.5 Å². The maximum Gasteiger partial charge on any atom is 0.233 e. The molecule has 0 atom stereocenters. The molecule has 0 spiro atoms. The van der Waals surface area contributed by atoms with Crippen LogP contribution in [0, 0.1) is 5.82 Å². The number of carbonyl (C=O) groups is 1. The van der Waals surface area contributed by atoms with E-state index in [-0.39, 0.29) is 23.0 Å². The molecule has 2 N–H and O–H groups in total. The fourth-order valence-corrected chi connectivity index (χ4v) is 3.79. The van der Waals surface area contributed by atoms with Gasteiger partial charge in [-0.15, -0.1) is 10.2 Å². The topological polar surface area (TPSA) is 106 Å². The summed E-state index contributed by atoms with van der Waals surface area (Å²) in [5, 5.41) is 8.31. The van der Waals surface area contributed by atoms with Crippen molar-refractivity contribution in [2.45, 2.75) is 5.16 Å². The summed E-state index contributed by atoms with van der Waals surface area (Å²) in [5.74, 6) is 6.63. The quantitative estimate of drug-likeness (QED) is 0.487. The van der Waals surface area contributed by atoms with Crippen molar-refractivity contribution in [3.63, 3.8) is 0 Å². The zero-order chi connectivity index (χ0) is 20.2. The van der Waals surface area contributed by atoms with Crippen molar-refractivity contribution in [3.8, 4) is 11.4 Å². The highest BCUT2D eigenvalue weighted by Gasteiger charge is 2.23. The summed E-state index contributed by atoms with van der Waals surface area (Å²) >= 11 is 1.18. The Morgan fingerprint density at radius 1 is 1.07 bits per heavy atom. The largest absolute Gasteiger partial charge is 0.338 e. The number of rotatable bonds is 5. The molecule has 1 aliphatic heterocycles. The van der Waals surface area contributed by atoms with Gasteiger partial charge in [-0.3, -0.25) is 4.79 Å². The Morgan fingerprint density at radius 3 is 2.52 bits per heavy atom. The summed E-state index contributed by atoms with van der Waals surface area (Å²) in [6.45, 7) is 2.52. The van der Waals surface area contributed by atoms with Gasteiger partial charge in [0.25, 0.3) is 0 Å². The van der Waals surface area contributed by atoms with Crippen LogP contribution in [0.1, 0.15) is 0 Å². The number of nitrogen functional groups attached to an aromatic ring is 1. The third kappa shape index (κ3) is 4.14. The predicted molar refractivity (Wildman–Crippen MR) is 107 cm³/mol. The van der Waals surface area contributed by atoms with Crippen molar-refractivity contribution in [3.05, 3.63) is 48.5 Å². The molecule has 1 saturated heterocycles. The van der Waals surface area contributed by atoms with Crippen LogP contribution in [-0.2, 0) is 4.79 Å². The molecule has 1 aliphatic rings. The van der Waals surface area contributed by atoms with Gasteiger partial charge in [-0.25, -0.2) is 19.0 Å². The lowest BCUT2D eigenvalue weighted by molar-refractivity contribution is -0.128. The molecule has 1 fully saturated rings. The minimum atomic E-state index is -0.431. The number of hydrogen-bond acceptors (Lipinski definition) is 8. The predicted octanol–water partition coefficient (Wildman–Crippen LogP) is 1.03. The summed E-state index contributed by atoms with van der Waals surface area (Å²) in [5.41, 5.74) is 0.264. The Balaban J connectivity index is 1.33. The van der Waals surface area contributed by atoms with E-state index < -0.39 is 5.82 Å². The summed E-state index contributed by atoms with van der Waals surface area (Å²) in [6, 6.07) is 7.98. The second-order valence-corrected chi connectivity index (χ2v) is 7.30. The molecule has 11 heteroatoms. The second-order valence-electron chi connectivity index (χ2n) is 6.36. The van der Waals surface area contributed by atoms with Gasteiger partial charge < -0.3 is 15.6 Å². The normalized spacial score (nSPS) is 14.2. The minimum Gasteiger partial charge on any atom is -0.338 e. The molecule has 3 heterocycles. The first-order chi connectivity index (χ1) is 14.1. The molecule has 0 bridgehead atoms. The van der Waals surface area contributed by atoms with Crippen molar-refractivity contribution in [1.82, 2.24) is 29.7 Å². The number of nitrogens with two attached hydrogens (primary N) is 1. The number of thioether (sulfide) groups is 1. The number of nitrogens with zero attached hydrogens (tertiary/aromatic N) is 7. The van der Waals surface area contributed by atoms with Crippen molar-refractivity contribution in [2.75, 3.05) is 42.7 Å². The number of anilines is 1. The number of halogens is 1. The Bertz CT molecular complexity index is 991. The van der Waals surface area contributed by atoms with Crippen LogP contribution in [0.5, 0.6) is 0 Å². The number of amides is 1. The average molecular weight is 414 g/mol. The van der Waals surface area contributed by atoms with E-state index in [4.69, 9.17) is 5.84 Å². The zero-order valence-electron chi connectivity index (χ0n) is 15.5. The Morgan fingerprint density at radius 2 is 1.79 bits per heavy atom. The Labute approximate surface area is 170 Å². The highest BCUT2D eigenvalue weighted by atomic mass is 32.2. The summed E-state index contributed by atoms with van der Waals surface area (Å²) in [7, 11) is 0. The first-order valence-electron chi connectivity index (χ1n) is 9.01. The molecule has 9 nitrogen and oxygen atoms in total. The Hall–Kier alpha value is -3.21. The molecule has 150 valence electrons. The third-order valence-electron chi connectivity index (χ3n) is 4.57. The number of aromatic nitrogens is 5. The summed E-state index contributed by atoms with van der Waals surface area (Å²) in [6.07, 6.45) is 3.41. The van der Waals surface area contributed by atoms with Gasteiger partial charge in [0, 0.05) is 38.6 Å². The van der Waals surface area contributed by atoms with Gasteiger partial charge >= 0.3 is 0 Å². The van der Waals surface area contributed by atoms with E-state index in [9.17, 15) is 9.18 Å². The molecule has 0 aliphatic carbocycles. The average Bonchev–Trinajstić information content (AvgIpc) is 3.13. The van der Waals surface area contributed by atoms with Gasteiger partial charge in [-0.05, 0) is 18.2 Å². The molecule has 1 aromatic carbocycles. The number of piperazine rings is 1. The highest BCUT2D eigenvalue weighted by Crippen LogP contribution is 2.24. The molecule has 2 aromatic heterocycles. The van der Waals surface area contributed by atoms with E-state index in [1.807, 2.05) is 4.90 Å². The van der Waals surface area contributed by atoms with Gasteiger partial charge in [0.2, 0.25) is 17.0 Å². The maximum atomic E-state index is 14.0. The lowest BCUT2D eigenvalue weighted by Crippen LogP contribution is -2.49. The standard InChI is InChI=1S/C18H19FN8OS/c19-14-5-2-1-4-13(14)16-23-24-18(27(16)20)29-12-15(28)25-8-10-26(11-9-25)17-21-6-3-7-22-17/h1-7H,8-12,20H2. The van der Waals surface area contributed by atoms with Crippen LogP contribution < -0.4 is 10.7 Å². The minimum absolute atomic E-state index is 0.0147. The van der Waals surface area contributed by atoms with E-state index in [0.717, 1.165) is 0 Å². The van der Waals surface area contributed by atoms with E-state index in [0.29, 0.717) is 37.3 Å². The van der Waals surface area contributed by atoms with Gasteiger partial charge in [0.15, 0.2) is 5.82 Å². The van der Waals surface area contributed by atoms with Gasteiger partial charge in [0.05, 0.1) is 11.3 Å². The molecular formula is C18H19FN8OS. The SMILES string of the molecule is Nn1c(SCC(=O)N2CCN(c3ncccn3)CC2)nnc1-c1ccccc1F. The van der Waals surface area contributed by atoms with Crippen molar-refractivity contribution in [2.24, 2.45) is 0 Å². The van der Waals surface area contributed by atoms with E-state index in [2.05, 4.69) is 20.2 Å². The molecule has 1 amide bonds. The van der Waals surface area contributed by atoms with Crippen molar-refractivity contribution < 1.29 is 9.18 Å². The first-order valence-corrected chi connectivity index (χ1v) is 10.00. The second kappa shape index (κ2) is 8.43. The van der Waals surface area contributed by atoms with Crippen LogP contribution in [0.3, 0.4) is 0 Å². The van der Waals surface area contributed by atoms with Gasteiger partial charge in [0.1, 0.15) is 5.82 Å². The fourth-order valence-electron chi connectivity index (χ4n) is 3.03. The number of hydrogen-bond donors (Lipinski definition) is 1. The summed E-state index contributed by atoms with van der Waals surface area (Å²) < 4.78 is 15.2. The maximum absolute atomic E-state index is 14.0. The van der Waals surface area contributed by atoms with Crippen molar-refractivity contribution >= 4 is 23.6 Å². The highest BCUT2D eigenvalue weighted by molar-refractivity contribution is 7.99. The van der Waals surface area contributed by atoms with Crippen LogP contribution in [0.2, 0.25) is 0 Å². The molecule has 29 heavy (non-hydrogen) atoms. The smallest absolute Gasteiger partial charge is 0.233 e. The van der Waals surface area contributed by atoms with E-state index in [1.54, 1.807) is 41.6 Å². The molecule has 0 saturated carbocycles. The van der Waals surface area contributed by atoms with Crippen LogP contribution >= 0.6 is 11.8 Å². The molecular weight excluding hydrogens is 395 g/mol. The van der Waals surface area contributed by atoms with Gasteiger partial charge in [-0.1, -0.05) is 23.9 Å². The first kappa shape index (κ1) is 19.1. The van der Waals surface area contributed by atoms with E-state index >= 15 is 0 Å². The molecule has 3 aromatic rings. The monoisotopic (exact) mass is 414 g/mol. The zero-order valence-corrected chi connectivity index (χ0v) is 16.3. The lowest BCUT2D eigenvalue weighted by atomic mass is 10.2. The number of benzene rings is 1. The fraction of sp³-hybridized carbons (Fsp3) is 0.278. The molecule has 0 unspecified atom stereocenters. The van der Waals surface area contributed by atoms with Crippen LogP contribution in [0.4, 0.5) is 10.3 Å². The molecule has 0 radical (unpaired) electrons. The van der Waals surface area contributed by atoms with Gasteiger partial charge in [-0.2, -0.15) is 0 Å². The lowest BCUT2D eigenvalue weighted by Gasteiger charge is -2.34. The van der Waals surface area contributed by atoms with Crippen LogP contribution in [-0.4, -0.2) is 67.6 Å². The third-order valence-corrected chi connectivity index (χ3v) is 5.50. The Kier molecular flexibility index (Phi) is 5.56.